The van der Waals surface area contributed by atoms with Crippen LogP contribution in [0.2, 0.25) is 0 Å². The van der Waals surface area contributed by atoms with Gasteiger partial charge in [-0.25, -0.2) is 0 Å². The van der Waals surface area contributed by atoms with Crippen LogP contribution in [0.1, 0.15) is 88.1 Å². The predicted octanol–water partition coefficient (Wildman–Crippen LogP) is 7.54. The van der Waals surface area contributed by atoms with Crippen LogP contribution in [0.25, 0.3) is 0 Å². The molecule has 0 fully saturated rings. The highest BCUT2D eigenvalue weighted by molar-refractivity contribution is 7.79. The van der Waals surface area contributed by atoms with Crippen molar-refractivity contribution in [3.63, 3.8) is 0 Å². The fourth-order valence-corrected chi connectivity index (χ4v) is 6.02. The molecule has 0 aliphatic rings. The molecular formula is C26H39OPS. The lowest BCUT2D eigenvalue weighted by Gasteiger charge is -2.34. The molecule has 3 heteroatoms. The lowest BCUT2D eigenvalue weighted by atomic mass is 9.82. The first-order valence-corrected chi connectivity index (χ1v) is 12.5. The van der Waals surface area contributed by atoms with Crippen LogP contribution in [0.3, 0.4) is 0 Å². The predicted molar refractivity (Wildman–Crippen MR) is 135 cm³/mol. The van der Waals surface area contributed by atoms with Crippen molar-refractivity contribution in [2.45, 2.75) is 90.5 Å². The number of phenolic OH excluding ortho intramolecular Hbond substituents is 1. The molecule has 0 radical (unpaired) electrons. The van der Waals surface area contributed by atoms with Crippen molar-refractivity contribution in [3.8, 4) is 5.75 Å². The molecule has 1 nitrogen and oxygen atoms in total. The molecule has 0 heterocycles. The van der Waals surface area contributed by atoms with Crippen LogP contribution in [0, 0.1) is 13.8 Å². The van der Waals surface area contributed by atoms with Gasteiger partial charge in [0.05, 0.1) is 0 Å². The Kier molecular flexibility index (Phi) is 8.28. The molecule has 2 unspecified atom stereocenters. The Morgan fingerprint density at radius 3 is 2.28 bits per heavy atom. The SMILES string of the molecule is CCCCCC(C)(Pc1ccc(C)cc1CS)c1cc(C(C)(C)C)cc(C)c1O. The topological polar surface area (TPSA) is 20.2 Å². The quantitative estimate of drug-likeness (QED) is 0.252. The molecular weight excluding hydrogens is 391 g/mol. The fraction of sp³-hybridized carbons (Fsp3) is 0.538. The Balaban J connectivity index is 2.59. The summed E-state index contributed by atoms with van der Waals surface area (Å²) in [6.07, 6.45) is 4.70. The zero-order valence-corrected chi connectivity index (χ0v) is 21.2. The van der Waals surface area contributed by atoms with Gasteiger partial charge < -0.3 is 5.11 Å². The molecule has 0 bridgehead atoms. The van der Waals surface area contributed by atoms with Crippen molar-refractivity contribution in [3.05, 3.63) is 58.1 Å². The summed E-state index contributed by atoms with van der Waals surface area (Å²) < 4.78 is 0. The number of unbranched alkanes of at least 4 members (excludes halogenated alkanes) is 2. The molecule has 0 aliphatic heterocycles. The van der Waals surface area contributed by atoms with Crippen LogP contribution >= 0.6 is 21.2 Å². The third-order valence-electron chi connectivity index (χ3n) is 5.88. The van der Waals surface area contributed by atoms with Gasteiger partial charge in [-0.1, -0.05) is 98.4 Å². The molecule has 29 heavy (non-hydrogen) atoms. The van der Waals surface area contributed by atoms with E-state index in [0.717, 1.165) is 23.3 Å². The average molecular weight is 431 g/mol. The minimum atomic E-state index is -0.0851. The molecule has 2 atom stereocenters. The number of benzene rings is 2. The van der Waals surface area contributed by atoms with E-state index in [4.69, 9.17) is 0 Å². The summed E-state index contributed by atoms with van der Waals surface area (Å²) in [7, 11) is 0.603. The van der Waals surface area contributed by atoms with E-state index in [9.17, 15) is 5.11 Å². The lowest BCUT2D eigenvalue weighted by molar-refractivity contribution is 0.444. The van der Waals surface area contributed by atoms with Crippen molar-refractivity contribution in [2.24, 2.45) is 0 Å². The van der Waals surface area contributed by atoms with E-state index in [2.05, 4.69) is 84.5 Å². The number of thiol groups is 1. The number of phenols is 1. The van der Waals surface area contributed by atoms with Crippen LogP contribution < -0.4 is 5.30 Å². The Labute approximate surface area is 185 Å². The van der Waals surface area contributed by atoms with Crippen molar-refractivity contribution in [1.29, 1.82) is 0 Å². The lowest BCUT2D eigenvalue weighted by Crippen LogP contribution is -2.23. The van der Waals surface area contributed by atoms with Crippen LogP contribution in [0.4, 0.5) is 0 Å². The zero-order chi connectivity index (χ0) is 21.8. The molecule has 0 saturated heterocycles. The van der Waals surface area contributed by atoms with E-state index >= 15 is 0 Å². The van der Waals surface area contributed by atoms with Crippen molar-refractivity contribution in [1.82, 2.24) is 0 Å². The van der Waals surface area contributed by atoms with Crippen LogP contribution in [0.5, 0.6) is 5.75 Å². The Morgan fingerprint density at radius 2 is 1.69 bits per heavy atom. The first-order chi connectivity index (χ1) is 13.5. The zero-order valence-electron chi connectivity index (χ0n) is 19.3. The third-order valence-corrected chi connectivity index (χ3v) is 8.05. The summed E-state index contributed by atoms with van der Waals surface area (Å²) in [6.45, 7) is 15.5. The second kappa shape index (κ2) is 9.88. The molecule has 0 aromatic heterocycles. The monoisotopic (exact) mass is 430 g/mol. The van der Waals surface area contributed by atoms with E-state index in [1.807, 2.05) is 6.92 Å². The van der Waals surface area contributed by atoms with Gasteiger partial charge in [-0.2, -0.15) is 12.6 Å². The molecule has 2 rings (SSSR count). The normalized spacial score (nSPS) is 14.5. The molecule has 2 aromatic carbocycles. The summed E-state index contributed by atoms with van der Waals surface area (Å²) in [4.78, 5) is 0. The first kappa shape index (κ1) is 24.3. The first-order valence-electron chi connectivity index (χ1n) is 10.8. The van der Waals surface area contributed by atoms with E-state index in [-0.39, 0.29) is 10.6 Å². The molecule has 2 aromatic rings. The summed E-state index contributed by atoms with van der Waals surface area (Å²) in [5.41, 5.74) is 6.05. The number of rotatable bonds is 8. The molecule has 1 N–H and O–H groups in total. The highest BCUT2D eigenvalue weighted by Gasteiger charge is 2.32. The molecule has 160 valence electrons. The second-order valence-electron chi connectivity index (χ2n) is 9.67. The summed E-state index contributed by atoms with van der Waals surface area (Å²) in [5, 5.41) is 12.4. The minimum absolute atomic E-state index is 0.0563. The van der Waals surface area contributed by atoms with Gasteiger partial charge in [0.2, 0.25) is 0 Å². The number of hydrogen-bond donors (Lipinski definition) is 2. The van der Waals surface area contributed by atoms with Crippen molar-refractivity contribution in [2.75, 3.05) is 0 Å². The Bertz CT molecular complexity index is 837. The number of aryl methyl sites for hydroxylation is 2. The van der Waals surface area contributed by atoms with Gasteiger partial charge in [0, 0.05) is 16.5 Å². The van der Waals surface area contributed by atoms with Gasteiger partial charge in [-0.15, -0.1) is 0 Å². The van der Waals surface area contributed by atoms with E-state index in [1.54, 1.807) is 0 Å². The van der Waals surface area contributed by atoms with E-state index in [1.165, 1.54) is 41.3 Å². The maximum atomic E-state index is 11.1. The van der Waals surface area contributed by atoms with Crippen molar-refractivity contribution < 1.29 is 5.11 Å². The van der Waals surface area contributed by atoms with Crippen LogP contribution in [-0.2, 0) is 16.3 Å². The maximum absolute atomic E-state index is 11.1. The van der Waals surface area contributed by atoms with Gasteiger partial charge >= 0.3 is 0 Å². The van der Waals surface area contributed by atoms with Crippen LogP contribution in [0.15, 0.2) is 30.3 Å². The molecule has 0 aliphatic carbocycles. The van der Waals surface area contributed by atoms with Gasteiger partial charge in [0.15, 0.2) is 0 Å². The maximum Gasteiger partial charge on any atom is 0.122 e. The minimum Gasteiger partial charge on any atom is -0.507 e. The van der Waals surface area contributed by atoms with Gasteiger partial charge in [0.1, 0.15) is 5.75 Å². The van der Waals surface area contributed by atoms with Gasteiger partial charge in [-0.05, 0) is 47.7 Å². The number of hydrogen-bond acceptors (Lipinski definition) is 2. The highest BCUT2D eigenvalue weighted by atomic mass is 32.1. The summed E-state index contributed by atoms with van der Waals surface area (Å²) in [6, 6.07) is 11.2. The standard InChI is InChI=1S/C26H39OPS/c1-8-9-10-13-26(7,28-23-12-11-18(2)14-20(23)17-29)22-16-21(25(4,5)6)15-19(3)24(22)27/h11-12,14-16,27-29H,8-10,13,17H2,1-7H3. The Morgan fingerprint density at radius 1 is 1.00 bits per heavy atom. The average Bonchev–Trinajstić information content (AvgIpc) is 2.64. The third kappa shape index (κ3) is 6.02. The largest absolute Gasteiger partial charge is 0.507 e. The summed E-state index contributed by atoms with van der Waals surface area (Å²) >= 11 is 4.60. The van der Waals surface area contributed by atoms with Gasteiger partial charge in [0.25, 0.3) is 0 Å². The van der Waals surface area contributed by atoms with Gasteiger partial charge in [-0.3, -0.25) is 0 Å². The molecule has 0 saturated carbocycles. The Hall–Kier alpha value is -0.980. The fourth-order valence-electron chi connectivity index (χ4n) is 3.90. The van der Waals surface area contributed by atoms with E-state index in [0.29, 0.717) is 14.3 Å². The van der Waals surface area contributed by atoms with Crippen molar-refractivity contribution >= 4 is 26.5 Å². The summed E-state index contributed by atoms with van der Waals surface area (Å²) in [5.74, 6) is 1.23. The van der Waals surface area contributed by atoms with E-state index < -0.39 is 0 Å². The number of aromatic hydroxyl groups is 1. The van der Waals surface area contributed by atoms with Crippen LogP contribution in [-0.4, -0.2) is 5.11 Å². The second-order valence-corrected chi connectivity index (χ2v) is 11.9. The molecule has 0 amide bonds. The molecule has 0 spiro atoms. The highest BCUT2D eigenvalue weighted by Crippen LogP contribution is 2.50. The smallest absolute Gasteiger partial charge is 0.122 e.